The van der Waals surface area contributed by atoms with Gasteiger partial charge in [0.15, 0.2) is 0 Å². The Balaban J connectivity index is 3.00. The minimum absolute atomic E-state index is 0.182. The molecule has 0 saturated carbocycles. The fourth-order valence-corrected chi connectivity index (χ4v) is 2.37. The van der Waals surface area contributed by atoms with Crippen LogP contribution in [0.5, 0.6) is 11.5 Å². The summed E-state index contributed by atoms with van der Waals surface area (Å²) in [7, 11) is 3.03. The predicted molar refractivity (Wildman–Crippen MR) is 85.7 cm³/mol. The Morgan fingerprint density at radius 1 is 1.32 bits per heavy atom. The van der Waals surface area contributed by atoms with Crippen molar-refractivity contribution in [3.8, 4) is 11.5 Å². The van der Waals surface area contributed by atoms with Crippen LogP contribution in [0.3, 0.4) is 0 Å². The second kappa shape index (κ2) is 9.19. The average molecular weight is 327 g/mol. The highest BCUT2D eigenvalue weighted by Gasteiger charge is 2.21. The molecule has 0 radical (unpaired) electrons. The minimum atomic E-state index is -0.993. The number of amides is 1. The van der Waals surface area contributed by atoms with E-state index >= 15 is 0 Å². The highest BCUT2D eigenvalue weighted by molar-refractivity contribution is 7.98. The number of carbonyl (C=O) groups excluding carboxylic acids is 1. The third-order valence-electron chi connectivity index (χ3n) is 3.06. The summed E-state index contributed by atoms with van der Waals surface area (Å²) in [4.78, 5) is 23.0. The number of aliphatic carboxylic acids is 1. The zero-order valence-electron chi connectivity index (χ0n) is 12.9. The summed E-state index contributed by atoms with van der Waals surface area (Å²) in [6.07, 6.45) is 2.04. The average Bonchev–Trinajstić information content (AvgIpc) is 2.51. The van der Waals surface area contributed by atoms with Crippen molar-refractivity contribution in [3.63, 3.8) is 0 Å². The minimum Gasteiger partial charge on any atom is -0.497 e. The molecule has 22 heavy (non-hydrogen) atoms. The van der Waals surface area contributed by atoms with Gasteiger partial charge in [-0.25, -0.2) is 0 Å². The van der Waals surface area contributed by atoms with Gasteiger partial charge in [0.2, 0.25) is 5.91 Å². The van der Waals surface area contributed by atoms with Crippen molar-refractivity contribution < 1.29 is 24.2 Å². The van der Waals surface area contributed by atoms with Crippen LogP contribution in [0.1, 0.15) is 24.4 Å². The Hall–Kier alpha value is -1.89. The van der Waals surface area contributed by atoms with E-state index in [0.29, 0.717) is 29.2 Å². The lowest BCUT2D eigenvalue weighted by Crippen LogP contribution is -2.30. The van der Waals surface area contributed by atoms with E-state index in [1.165, 1.54) is 14.2 Å². The van der Waals surface area contributed by atoms with Crippen LogP contribution in [-0.4, -0.2) is 43.2 Å². The zero-order valence-corrected chi connectivity index (χ0v) is 13.7. The molecule has 1 unspecified atom stereocenters. The Labute approximate surface area is 134 Å². The zero-order chi connectivity index (χ0) is 16.5. The Kier molecular flexibility index (Phi) is 7.59. The number of carboxylic acid groups (broad SMARTS) is 1. The first-order valence-electron chi connectivity index (χ1n) is 6.73. The molecule has 1 atom stereocenters. The molecule has 0 fully saturated rings. The van der Waals surface area contributed by atoms with E-state index in [-0.39, 0.29) is 12.3 Å². The van der Waals surface area contributed by atoms with Gasteiger partial charge >= 0.3 is 5.97 Å². The first-order valence-corrected chi connectivity index (χ1v) is 8.13. The maximum Gasteiger partial charge on any atom is 0.305 e. The summed E-state index contributed by atoms with van der Waals surface area (Å²) in [6, 6.07) is 4.44. The number of nitrogens with one attached hydrogen (secondary N) is 1. The van der Waals surface area contributed by atoms with Gasteiger partial charge in [-0.15, -0.1) is 0 Å². The van der Waals surface area contributed by atoms with Gasteiger partial charge in [0.05, 0.1) is 26.7 Å². The van der Waals surface area contributed by atoms with Crippen LogP contribution >= 0.6 is 11.8 Å². The van der Waals surface area contributed by atoms with Crippen LogP contribution in [0.2, 0.25) is 0 Å². The van der Waals surface area contributed by atoms with Crippen LogP contribution in [0.4, 0.5) is 0 Å². The van der Waals surface area contributed by atoms with E-state index in [1.54, 1.807) is 30.0 Å². The van der Waals surface area contributed by atoms with E-state index in [9.17, 15) is 9.59 Å². The van der Waals surface area contributed by atoms with E-state index in [2.05, 4.69) is 5.32 Å². The molecule has 1 aromatic rings. The number of hydrogen-bond acceptors (Lipinski definition) is 5. The molecular formula is C15H21NO5S. The monoisotopic (exact) mass is 327 g/mol. The Bertz CT molecular complexity index is 521. The molecule has 0 aromatic heterocycles. The number of hydrogen-bond donors (Lipinski definition) is 2. The molecule has 0 saturated heterocycles. The van der Waals surface area contributed by atoms with E-state index in [0.717, 1.165) is 0 Å². The maximum atomic E-state index is 11.9. The molecular weight excluding hydrogens is 306 g/mol. The van der Waals surface area contributed by atoms with Crippen molar-refractivity contribution in [2.75, 3.05) is 26.2 Å². The third-order valence-corrected chi connectivity index (χ3v) is 3.68. The normalized spacial score (nSPS) is 11.6. The summed E-state index contributed by atoms with van der Waals surface area (Å²) in [6.45, 7) is 0. The Morgan fingerprint density at radius 2 is 2.05 bits per heavy atom. The molecule has 0 spiro atoms. The molecule has 2 N–H and O–H groups in total. The predicted octanol–water partition coefficient (Wildman–Crippen LogP) is 2.09. The maximum absolute atomic E-state index is 11.9. The first-order chi connectivity index (χ1) is 10.5. The van der Waals surface area contributed by atoms with Crippen LogP contribution < -0.4 is 14.8 Å². The van der Waals surface area contributed by atoms with Gasteiger partial charge in [-0.2, -0.15) is 11.8 Å². The van der Waals surface area contributed by atoms with Gasteiger partial charge in [0, 0.05) is 23.8 Å². The number of thioether (sulfide) groups is 1. The van der Waals surface area contributed by atoms with Gasteiger partial charge in [0.1, 0.15) is 11.5 Å². The van der Waals surface area contributed by atoms with Gasteiger partial charge in [-0.05, 0) is 18.4 Å². The molecule has 0 bridgehead atoms. The smallest absolute Gasteiger partial charge is 0.305 e. The molecule has 1 rings (SSSR count). The number of carboxylic acids is 1. The van der Waals surface area contributed by atoms with Crippen LogP contribution in [-0.2, 0) is 9.59 Å². The van der Waals surface area contributed by atoms with Crippen LogP contribution in [0.25, 0.3) is 0 Å². The lowest BCUT2D eigenvalue weighted by Gasteiger charge is -2.20. The van der Waals surface area contributed by atoms with Crippen LogP contribution in [0, 0.1) is 0 Å². The summed E-state index contributed by atoms with van der Waals surface area (Å²) in [5.74, 6) is 0.594. The van der Waals surface area contributed by atoms with Crippen molar-refractivity contribution in [2.45, 2.75) is 18.9 Å². The molecule has 1 amide bonds. The molecule has 0 heterocycles. The topological polar surface area (TPSA) is 84.9 Å². The molecule has 7 heteroatoms. The molecule has 0 aliphatic heterocycles. The van der Waals surface area contributed by atoms with Gasteiger partial charge < -0.3 is 19.9 Å². The first kappa shape index (κ1) is 18.2. The van der Waals surface area contributed by atoms with E-state index < -0.39 is 12.0 Å². The molecule has 0 aliphatic rings. The summed E-state index contributed by atoms with van der Waals surface area (Å²) >= 11 is 1.56. The fraction of sp³-hybridized carbons (Fsp3) is 0.467. The van der Waals surface area contributed by atoms with Crippen LogP contribution in [0.15, 0.2) is 18.2 Å². The number of carbonyl (C=O) groups is 2. The van der Waals surface area contributed by atoms with E-state index in [1.807, 2.05) is 6.26 Å². The summed E-state index contributed by atoms with van der Waals surface area (Å²) in [5, 5.41) is 11.8. The van der Waals surface area contributed by atoms with Gasteiger partial charge in [-0.3, -0.25) is 9.59 Å². The number of benzene rings is 1. The Morgan fingerprint density at radius 3 is 2.59 bits per heavy atom. The summed E-state index contributed by atoms with van der Waals surface area (Å²) in [5.41, 5.74) is 0.614. The van der Waals surface area contributed by atoms with Crippen molar-refractivity contribution in [2.24, 2.45) is 0 Å². The van der Waals surface area contributed by atoms with Gasteiger partial charge in [-0.1, -0.05) is 0 Å². The SMILES string of the molecule is COc1ccc(C(CC(=O)O)NC(=O)CCSC)c(OC)c1. The second-order valence-electron chi connectivity index (χ2n) is 4.57. The molecule has 1 aromatic carbocycles. The molecule has 0 aliphatic carbocycles. The summed E-state index contributed by atoms with van der Waals surface area (Å²) < 4.78 is 10.4. The van der Waals surface area contributed by atoms with Crippen molar-refractivity contribution in [3.05, 3.63) is 23.8 Å². The molecule has 122 valence electrons. The van der Waals surface area contributed by atoms with E-state index in [4.69, 9.17) is 14.6 Å². The highest BCUT2D eigenvalue weighted by Crippen LogP contribution is 2.31. The third kappa shape index (κ3) is 5.48. The van der Waals surface area contributed by atoms with Crippen molar-refractivity contribution >= 4 is 23.6 Å². The fourth-order valence-electron chi connectivity index (χ4n) is 1.98. The number of rotatable bonds is 9. The standard InChI is InChI=1S/C15H21NO5S/c1-20-10-4-5-11(13(8-10)21-2)12(9-15(18)19)16-14(17)6-7-22-3/h4-5,8,12H,6-7,9H2,1-3H3,(H,16,17)(H,18,19). The second-order valence-corrected chi connectivity index (χ2v) is 5.55. The number of ether oxygens (including phenoxy) is 2. The van der Waals surface area contributed by atoms with Crippen molar-refractivity contribution in [1.29, 1.82) is 0 Å². The van der Waals surface area contributed by atoms with Gasteiger partial charge in [0.25, 0.3) is 0 Å². The molecule has 6 nitrogen and oxygen atoms in total. The highest BCUT2D eigenvalue weighted by atomic mass is 32.2. The van der Waals surface area contributed by atoms with Crippen molar-refractivity contribution in [1.82, 2.24) is 5.32 Å². The lowest BCUT2D eigenvalue weighted by atomic mass is 10.0. The number of methoxy groups -OCH3 is 2. The quantitative estimate of drug-likeness (QED) is 0.722. The largest absolute Gasteiger partial charge is 0.497 e. The lowest BCUT2D eigenvalue weighted by molar-refractivity contribution is -0.137.